The van der Waals surface area contributed by atoms with Crippen LogP contribution in [0.1, 0.15) is 26.2 Å². The molecule has 2 aromatic rings. The normalized spacial score (nSPS) is 15.6. The van der Waals surface area contributed by atoms with Crippen LogP contribution < -0.4 is 0 Å². The molecule has 0 N–H and O–H groups in total. The van der Waals surface area contributed by atoms with Gasteiger partial charge in [0.25, 0.3) is 0 Å². The predicted octanol–water partition coefficient (Wildman–Crippen LogP) is 2.23. The average Bonchev–Trinajstić information content (AvgIpc) is 3.03. The van der Waals surface area contributed by atoms with Crippen molar-refractivity contribution in [2.75, 3.05) is 19.7 Å². The third-order valence-electron chi connectivity index (χ3n) is 4.56. The number of aryl methyl sites for hydroxylation is 1. The summed E-state index contributed by atoms with van der Waals surface area (Å²) < 4.78 is 7.07. The molecular weight excluding hydrogens is 306 g/mol. The molecule has 6 heteroatoms. The molecule has 0 aliphatic carbocycles. The lowest BCUT2D eigenvalue weighted by atomic mass is 9.97. The minimum atomic E-state index is -0.130. The number of nitrogens with zero attached hydrogens (tertiary/aromatic N) is 3. The van der Waals surface area contributed by atoms with Gasteiger partial charge in [0, 0.05) is 26.1 Å². The largest absolute Gasteiger partial charge is 0.466 e. The van der Waals surface area contributed by atoms with Crippen molar-refractivity contribution in [3.63, 3.8) is 0 Å². The predicted molar refractivity (Wildman–Crippen MR) is 90.3 cm³/mol. The first-order valence-electron chi connectivity index (χ1n) is 8.53. The van der Waals surface area contributed by atoms with Crippen molar-refractivity contribution in [2.24, 2.45) is 5.92 Å². The SMILES string of the molecule is CCOC(=O)C1CCN(C(=O)CCn2cnc3ccccc32)CC1. The monoisotopic (exact) mass is 329 g/mol. The topological polar surface area (TPSA) is 64.4 Å². The Bertz CT molecular complexity index is 717. The number of piperidine rings is 1. The fraction of sp³-hybridized carbons (Fsp3) is 0.500. The molecule has 1 saturated heterocycles. The number of fused-ring (bicyclic) bond motifs is 1. The van der Waals surface area contributed by atoms with Crippen LogP contribution in [-0.2, 0) is 20.9 Å². The van der Waals surface area contributed by atoms with E-state index in [9.17, 15) is 9.59 Å². The number of carbonyl (C=O) groups excluding carboxylic acids is 2. The molecule has 6 nitrogen and oxygen atoms in total. The number of hydrogen-bond donors (Lipinski definition) is 0. The van der Waals surface area contributed by atoms with Crippen LogP contribution in [0.15, 0.2) is 30.6 Å². The number of carbonyl (C=O) groups is 2. The quantitative estimate of drug-likeness (QED) is 0.789. The smallest absolute Gasteiger partial charge is 0.309 e. The van der Waals surface area contributed by atoms with Gasteiger partial charge in [0.05, 0.1) is 29.9 Å². The van der Waals surface area contributed by atoms with Crippen LogP contribution in [0.3, 0.4) is 0 Å². The third kappa shape index (κ3) is 3.58. The van der Waals surface area contributed by atoms with Crippen LogP contribution in [0.5, 0.6) is 0 Å². The zero-order valence-corrected chi connectivity index (χ0v) is 14.0. The van der Waals surface area contributed by atoms with E-state index in [1.54, 1.807) is 6.33 Å². The first-order valence-corrected chi connectivity index (χ1v) is 8.53. The number of benzene rings is 1. The van der Waals surface area contributed by atoms with Crippen LogP contribution in [0.4, 0.5) is 0 Å². The molecular formula is C18H23N3O3. The highest BCUT2D eigenvalue weighted by Gasteiger charge is 2.27. The van der Waals surface area contributed by atoms with Crippen molar-refractivity contribution in [2.45, 2.75) is 32.7 Å². The summed E-state index contributed by atoms with van der Waals surface area (Å²) in [6.45, 7) is 4.12. The second-order valence-corrected chi connectivity index (χ2v) is 6.08. The lowest BCUT2D eigenvalue weighted by Gasteiger charge is -2.31. The number of likely N-dealkylation sites (tertiary alicyclic amines) is 1. The van der Waals surface area contributed by atoms with E-state index >= 15 is 0 Å². The number of imidazole rings is 1. The van der Waals surface area contributed by atoms with Crippen LogP contribution in [0.2, 0.25) is 0 Å². The van der Waals surface area contributed by atoms with Gasteiger partial charge in [-0.05, 0) is 31.9 Å². The Morgan fingerprint density at radius 3 is 2.75 bits per heavy atom. The van der Waals surface area contributed by atoms with Gasteiger partial charge in [-0.15, -0.1) is 0 Å². The van der Waals surface area contributed by atoms with Gasteiger partial charge in [-0.1, -0.05) is 12.1 Å². The first-order chi connectivity index (χ1) is 11.7. The van der Waals surface area contributed by atoms with Gasteiger partial charge in [-0.2, -0.15) is 0 Å². The summed E-state index contributed by atoms with van der Waals surface area (Å²) in [4.78, 5) is 30.4. The van der Waals surface area contributed by atoms with Crippen molar-refractivity contribution in [1.29, 1.82) is 0 Å². The van der Waals surface area contributed by atoms with Crippen molar-refractivity contribution in [3.8, 4) is 0 Å². The maximum Gasteiger partial charge on any atom is 0.309 e. The molecule has 1 amide bonds. The average molecular weight is 329 g/mol. The summed E-state index contributed by atoms with van der Waals surface area (Å²) in [5, 5.41) is 0. The van der Waals surface area contributed by atoms with Crippen LogP contribution in [0, 0.1) is 5.92 Å². The summed E-state index contributed by atoms with van der Waals surface area (Å²) in [7, 11) is 0. The standard InChI is InChI=1S/C18H23N3O3/c1-2-24-18(23)14-7-10-20(11-8-14)17(22)9-12-21-13-19-15-5-3-4-6-16(15)21/h3-6,13-14H,2,7-12H2,1H3. The number of ether oxygens (including phenoxy) is 1. The van der Waals surface area contributed by atoms with Gasteiger partial charge in [-0.25, -0.2) is 4.98 Å². The van der Waals surface area contributed by atoms with Crippen molar-refractivity contribution in [1.82, 2.24) is 14.5 Å². The molecule has 0 spiro atoms. The highest BCUT2D eigenvalue weighted by molar-refractivity contribution is 5.78. The van der Waals surface area contributed by atoms with Crippen molar-refractivity contribution in [3.05, 3.63) is 30.6 Å². The molecule has 0 atom stereocenters. The number of amides is 1. The zero-order valence-electron chi connectivity index (χ0n) is 14.0. The van der Waals surface area contributed by atoms with E-state index in [0.717, 1.165) is 11.0 Å². The fourth-order valence-electron chi connectivity index (χ4n) is 3.19. The van der Waals surface area contributed by atoms with E-state index in [0.29, 0.717) is 45.5 Å². The molecule has 128 valence electrons. The number of hydrogen-bond acceptors (Lipinski definition) is 4. The highest BCUT2D eigenvalue weighted by Crippen LogP contribution is 2.20. The Morgan fingerprint density at radius 2 is 2.00 bits per heavy atom. The molecule has 0 radical (unpaired) electrons. The fourth-order valence-corrected chi connectivity index (χ4v) is 3.19. The number of aromatic nitrogens is 2. The van der Waals surface area contributed by atoms with Gasteiger partial charge in [0.1, 0.15) is 0 Å². The highest BCUT2D eigenvalue weighted by atomic mass is 16.5. The summed E-state index contributed by atoms with van der Waals surface area (Å²) in [6.07, 6.45) is 3.62. The molecule has 3 rings (SSSR count). The molecule has 2 heterocycles. The van der Waals surface area contributed by atoms with Crippen LogP contribution >= 0.6 is 0 Å². The van der Waals surface area contributed by atoms with Gasteiger partial charge >= 0.3 is 5.97 Å². The van der Waals surface area contributed by atoms with E-state index in [2.05, 4.69) is 4.98 Å². The van der Waals surface area contributed by atoms with Gasteiger partial charge in [-0.3, -0.25) is 9.59 Å². The summed E-state index contributed by atoms with van der Waals surface area (Å²) >= 11 is 0. The molecule has 1 aliphatic rings. The minimum Gasteiger partial charge on any atom is -0.466 e. The second-order valence-electron chi connectivity index (χ2n) is 6.08. The van der Waals surface area contributed by atoms with Crippen molar-refractivity contribution < 1.29 is 14.3 Å². The van der Waals surface area contributed by atoms with E-state index in [-0.39, 0.29) is 17.8 Å². The van der Waals surface area contributed by atoms with Crippen molar-refractivity contribution >= 4 is 22.9 Å². The number of para-hydroxylation sites is 2. The van der Waals surface area contributed by atoms with E-state index < -0.39 is 0 Å². The summed E-state index contributed by atoms with van der Waals surface area (Å²) in [6, 6.07) is 7.91. The minimum absolute atomic E-state index is 0.0633. The van der Waals surface area contributed by atoms with E-state index in [1.807, 2.05) is 40.7 Å². The Labute approximate surface area is 141 Å². The van der Waals surface area contributed by atoms with Crippen LogP contribution in [-0.4, -0.2) is 46.0 Å². The number of esters is 1. The molecule has 24 heavy (non-hydrogen) atoms. The van der Waals surface area contributed by atoms with E-state index in [4.69, 9.17) is 4.74 Å². The Hall–Kier alpha value is -2.37. The Kier molecular flexibility index (Phi) is 5.13. The first kappa shape index (κ1) is 16.5. The zero-order chi connectivity index (χ0) is 16.9. The lowest BCUT2D eigenvalue weighted by Crippen LogP contribution is -2.40. The lowest BCUT2D eigenvalue weighted by molar-refractivity contribution is -0.151. The molecule has 0 unspecified atom stereocenters. The molecule has 0 saturated carbocycles. The van der Waals surface area contributed by atoms with Gasteiger partial charge in [0.15, 0.2) is 0 Å². The third-order valence-corrected chi connectivity index (χ3v) is 4.56. The molecule has 1 aromatic heterocycles. The maximum absolute atomic E-state index is 12.4. The summed E-state index contributed by atoms with van der Waals surface area (Å²) in [5.41, 5.74) is 1.99. The second kappa shape index (κ2) is 7.47. The van der Waals surface area contributed by atoms with Crippen LogP contribution in [0.25, 0.3) is 11.0 Å². The Morgan fingerprint density at radius 1 is 1.25 bits per heavy atom. The molecule has 1 aromatic carbocycles. The molecule has 1 fully saturated rings. The Balaban J connectivity index is 1.50. The number of rotatable bonds is 5. The van der Waals surface area contributed by atoms with Gasteiger partial charge < -0.3 is 14.2 Å². The molecule has 1 aliphatic heterocycles. The summed E-state index contributed by atoms with van der Waals surface area (Å²) in [5.74, 6) is -0.0591. The van der Waals surface area contributed by atoms with E-state index in [1.165, 1.54) is 0 Å². The van der Waals surface area contributed by atoms with Gasteiger partial charge in [0.2, 0.25) is 5.91 Å². The maximum atomic E-state index is 12.4. The molecule has 0 bridgehead atoms.